The van der Waals surface area contributed by atoms with E-state index < -0.39 is 26.5 Å². The molecule has 0 aliphatic rings. The molecule has 0 spiro atoms. The van der Waals surface area contributed by atoms with Crippen LogP contribution in [0.5, 0.6) is 0 Å². The van der Waals surface area contributed by atoms with Crippen LogP contribution < -0.4 is 0 Å². The SMILES string of the molecule is CC/C=C\C/C=C\C/C=C\C/C=C\C/C=C\C/C=C\CCCCCCCCCCCCCCCCCCCCCCCCC(=O)OC(COC(=O)CCCCCCCCCCCCCCCCCCCCCCCCC)COP(=O)(O)OCC[N+](C)(C)C. The molecule has 0 rings (SSSR count). The Balaban J connectivity index is 3.92. The van der Waals surface area contributed by atoms with Crippen LogP contribution in [0, 0.1) is 0 Å². The zero-order valence-corrected chi connectivity index (χ0v) is 59.6. The van der Waals surface area contributed by atoms with Gasteiger partial charge in [-0.05, 0) is 64.2 Å². The maximum absolute atomic E-state index is 12.9. The highest BCUT2D eigenvalue weighted by Crippen LogP contribution is 2.43. The average Bonchev–Trinajstić information content (AvgIpc) is 3.58. The van der Waals surface area contributed by atoms with Gasteiger partial charge in [-0.3, -0.25) is 18.6 Å². The summed E-state index contributed by atoms with van der Waals surface area (Å²) >= 11 is 0. The maximum Gasteiger partial charge on any atom is 0.472 e. The Kier molecular flexibility index (Phi) is 66.8. The van der Waals surface area contributed by atoms with Crippen LogP contribution >= 0.6 is 7.82 Å². The number of nitrogens with zero attached hydrogens (tertiary/aromatic N) is 1. The van der Waals surface area contributed by atoms with Crippen molar-refractivity contribution < 1.29 is 42.1 Å². The van der Waals surface area contributed by atoms with Crippen LogP contribution in [-0.4, -0.2) is 74.9 Å². The zero-order chi connectivity index (χ0) is 64.1. The number of carbonyl (C=O) groups excluding carboxylic acids is 2. The molecule has 0 aromatic carbocycles. The minimum atomic E-state index is -4.39. The van der Waals surface area contributed by atoms with Crippen LogP contribution in [0.25, 0.3) is 0 Å². The molecule has 1 N–H and O–H groups in total. The lowest BCUT2D eigenvalue weighted by Crippen LogP contribution is -2.37. The van der Waals surface area contributed by atoms with Gasteiger partial charge in [0.2, 0.25) is 0 Å². The molecule has 0 bridgehead atoms. The van der Waals surface area contributed by atoms with Gasteiger partial charge >= 0.3 is 19.8 Å². The Morgan fingerprint density at radius 1 is 0.364 bits per heavy atom. The molecule has 0 amide bonds. The van der Waals surface area contributed by atoms with Gasteiger partial charge in [-0.2, -0.15) is 0 Å². The maximum atomic E-state index is 12.9. The van der Waals surface area contributed by atoms with E-state index in [1.807, 2.05) is 21.1 Å². The number of unbranched alkanes of at least 4 members (excludes halogenated alkanes) is 44. The monoisotopic (exact) mass is 1260 g/mol. The van der Waals surface area contributed by atoms with Gasteiger partial charge in [-0.25, -0.2) is 4.57 Å². The van der Waals surface area contributed by atoms with Crippen molar-refractivity contribution >= 4 is 19.8 Å². The summed E-state index contributed by atoms with van der Waals surface area (Å²) in [5.74, 6) is -0.775. The van der Waals surface area contributed by atoms with E-state index in [0.29, 0.717) is 23.9 Å². The summed E-state index contributed by atoms with van der Waals surface area (Å²) in [5.41, 5.74) is 0. The quantitative estimate of drug-likeness (QED) is 0.0211. The highest BCUT2D eigenvalue weighted by atomic mass is 31.2. The number of phosphoric acid groups is 1. The van der Waals surface area contributed by atoms with E-state index in [9.17, 15) is 19.0 Å². The first-order valence-electron chi connectivity index (χ1n) is 37.7. The van der Waals surface area contributed by atoms with E-state index in [2.05, 4.69) is 86.8 Å². The van der Waals surface area contributed by atoms with Crippen molar-refractivity contribution in [2.75, 3.05) is 47.5 Å². The highest BCUT2D eigenvalue weighted by molar-refractivity contribution is 7.47. The molecule has 9 nitrogen and oxygen atoms in total. The molecule has 0 heterocycles. The normalized spacial score (nSPS) is 13.5. The Hall–Kier alpha value is -2.55. The fraction of sp³-hybridized carbons (Fsp3) is 0.821. The fourth-order valence-electron chi connectivity index (χ4n) is 11.0. The topological polar surface area (TPSA) is 108 Å². The molecule has 0 saturated heterocycles. The van der Waals surface area contributed by atoms with Crippen molar-refractivity contribution in [3.8, 4) is 0 Å². The molecule has 0 saturated carbocycles. The molecule has 10 heteroatoms. The van der Waals surface area contributed by atoms with Crippen LogP contribution in [0.1, 0.15) is 361 Å². The molecular formula is C78H145NO8P+. The molecule has 0 aliphatic carbocycles. The van der Waals surface area contributed by atoms with E-state index in [1.54, 1.807) is 0 Å². The largest absolute Gasteiger partial charge is 0.472 e. The Morgan fingerprint density at radius 3 is 0.966 bits per heavy atom. The number of allylic oxidation sites excluding steroid dienone is 12. The van der Waals surface area contributed by atoms with Crippen molar-refractivity contribution in [3.05, 3.63) is 72.9 Å². The van der Waals surface area contributed by atoms with Gasteiger partial charge in [-0.15, -0.1) is 0 Å². The van der Waals surface area contributed by atoms with Gasteiger partial charge < -0.3 is 18.9 Å². The summed E-state index contributed by atoms with van der Waals surface area (Å²) in [5, 5.41) is 0. The third-order valence-electron chi connectivity index (χ3n) is 16.8. The highest BCUT2D eigenvalue weighted by Gasteiger charge is 2.27. The Labute approximate surface area is 546 Å². The van der Waals surface area contributed by atoms with Crippen LogP contribution in [0.2, 0.25) is 0 Å². The van der Waals surface area contributed by atoms with E-state index >= 15 is 0 Å². The molecule has 2 atom stereocenters. The number of esters is 2. The fourth-order valence-corrected chi connectivity index (χ4v) is 11.8. The third kappa shape index (κ3) is 72.5. The molecule has 0 fully saturated rings. The number of ether oxygens (including phenoxy) is 2. The van der Waals surface area contributed by atoms with Gasteiger partial charge in [0.1, 0.15) is 19.8 Å². The van der Waals surface area contributed by atoms with Gasteiger partial charge in [0.25, 0.3) is 0 Å². The van der Waals surface area contributed by atoms with E-state index in [-0.39, 0.29) is 25.6 Å². The number of phosphoric ester groups is 1. The predicted molar refractivity (Wildman–Crippen MR) is 381 cm³/mol. The average molecular weight is 1260 g/mol. The van der Waals surface area contributed by atoms with Gasteiger partial charge in [0.05, 0.1) is 27.7 Å². The van der Waals surface area contributed by atoms with E-state index in [0.717, 1.165) is 70.6 Å². The molecule has 0 radical (unpaired) electrons. The van der Waals surface area contributed by atoms with Gasteiger partial charge in [0, 0.05) is 12.8 Å². The molecule has 0 aliphatic heterocycles. The first kappa shape index (κ1) is 85.5. The standard InChI is InChI=1S/C78H144NO8P/c1-6-8-10-12-14-16-18-20-22-24-26-28-30-31-32-33-34-35-36-37-38-39-40-41-42-43-44-45-46-47-49-51-53-55-57-59-61-63-65-67-69-71-78(81)87-76(75-86-88(82,83)85-73-72-79(3,4)5)74-84-77(80)70-68-66-64-62-60-58-56-54-52-50-48-29-27-25-23-21-19-17-15-13-11-9-7-2/h8,10,14,16,20,22,26,28,31-32,34-35,76H,6-7,9,11-13,15,17-19,21,23-25,27,29-30,33,36-75H2,1-5H3/p+1/b10-8-,16-14-,22-20-,28-26-,32-31-,35-34-. The van der Waals surface area contributed by atoms with Crippen molar-refractivity contribution in [2.45, 2.75) is 367 Å². The smallest absolute Gasteiger partial charge is 0.462 e. The van der Waals surface area contributed by atoms with Gasteiger partial charge in [-0.1, -0.05) is 356 Å². The second-order valence-electron chi connectivity index (χ2n) is 26.7. The van der Waals surface area contributed by atoms with Crippen LogP contribution in [-0.2, 0) is 32.7 Å². The van der Waals surface area contributed by atoms with Crippen molar-refractivity contribution in [1.82, 2.24) is 0 Å². The zero-order valence-electron chi connectivity index (χ0n) is 58.7. The minimum Gasteiger partial charge on any atom is -0.462 e. The number of rotatable bonds is 70. The summed E-state index contributed by atoms with van der Waals surface area (Å²) in [6.45, 7) is 4.39. The van der Waals surface area contributed by atoms with Gasteiger partial charge in [0.15, 0.2) is 6.10 Å². The third-order valence-corrected chi connectivity index (χ3v) is 17.7. The first-order valence-corrected chi connectivity index (χ1v) is 39.2. The van der Waals surface area contributed by atoms with Crippen LogP contribution in [0.15, 0.2) is 72.9 Å². The molecular weight excluding hydrogens is 1110 g/mol. The predicted octanol–water partition coefficient (Wildman–Crippen LogP) is 24.7. The second-order valence-corrected chi connectivity index (χ2v) is 28.1. The summed E-state index contributed by atoms with van der Waals surface area (Å²) in [6, 6.07) is 0. The number of hydrogen-bond acceptors (Lipinski definition) is 7. The summed E-state index contributed by atoms with van der Waals surface area (Å²) in [7, 11) is 1.50. The van der Waals surface area contributed by atoms with Crippen molar-refractivity contribution in [2.24, 2.45) is 0 Å². The summed E-state index contributed by atoms with van der Waals surface area (Å²) in [4.78, 5) is 35.9. The Bertz CT molecular complexity index is 1710. The molecule has 2 unspecified atom stereocenters. The van der Waals surface area contributed by atoms with E-state index in [1.165, 1.54) is 257 Å². The summed E-state index contributed by atoms with van der Waals surface area (Å²) < 4.78 is 34.8. The number of carbonyl (C=O) groups is 2. The van der Waals surface area contributed by atoms with Crippen LogP contribution in [0.3, 0.4) is 0 Å². The number of quaternary nitrogens is 1. The summed E-state index contributed by atoms with van der Waals surface area (Å²) in [6.07, 6.45) is 93.2. The lowest BCUT2D eigenvalue weighted by molar-refractivity contribution is -0.870. The minimum absolute atomic E-state index is 0.0340. The molecule has 0 aromatic rings. The van der Waals surface area contributed by atoms with E-state index in [4.69, 9.17) is 18.5 Å². The lowest BCUT2D eigenvalue weighted by Gasteiger charge is -2.24. The molecule has 514 valence electrons. The van der Waals surface area contributed by atoms with Crippen LogP contribution in [0.4, 0.5) is 0 Å². The first-order chi connectivity index (χ1) is 43.0. The van der Waals surface area contributed by atoms with Crippen molar-refractivity contribution in [3.63, 3.8) is 0 Å². The number of likely N-dealkylation sites (N-methyl/N-ethyl adjacent to an activating group) is 1. The number of hydrogen-bond donors (Lipinski definition) is 1. The molecule has 0 aromatic heterocycles. The van der Waals surface area contributed by atoms with Crippen molar-refractivity contribution in [1.29, 1.82) is 0 Å². The second kappa shape index (κ2) is 68.8. The molecule has 88 heavy (non-hydrogen) atoms. The lowest BCUT2D eigenvalue weighted by atomic mass is 10.0. The Morgan fingerprint density at radius 2 is 0.648 bits per heavy atom.